The average molecular weight is 402 g/mol. The van der Waals surface area contributed by atoms with Crippen molar-refractivity contribution < 1.29 is 14.6 Å². The van der Waals surface area contributed by atoms with Crippen LogP contribution in [0.5, 0.6) is 0 Å². The number of carbonyl (C=O) groups is 1. The molecule has 0 unspecified atom stereocenters. The SMILES string of the molecule is CC(C)(C)OC(=O)N1C(c2ccccc2)=C[C@H](c2ccc3ccccc3c2)C[C@@H]1O. The van der Waals surface area contributed by atoms with E-state index in [1.165, 1.54) is 10.3 Å². The molecular weight excluding hydrogens is 374 g/mol. The Balaban J connectivity index is 1.76. The maximum Gasteiger partial charge on any atom is 0.416 e. The topological polar surface area (TPSA) is 49.8 Å². The fourth-order valence-electron chi connectivity index (χ4n) is 3.88. The Bertz CT molecular complexity index is 1080. The molecule has 3 aromatic rings. The van der Waals surface area contributed by atoms with Gasteiger partial charge in [0.25, 0.3) is 0 Å². The van der Waals surface area contributed by atoms with Gasteiger partial charge in [0.15, 0.2) is 0 Å². The lowest BCUT2D eigenvalue weighted by Crippen LogP contribution is -2.44. The number of rotatable bonds is 2. The van der Waals surface area contributed by atoms with E-state index in [1.54, 1.807) is 0 Å². The van der Waals surface area contributed by atoms with Crippen LogP contribution in [0.4, 0.5) is 4.79 Å². The lowest BCUT2D eigenvalue weighted by atomic mass is 9.88. The second kappa shape index (κ2) is 7.96. The summed E-state index contributed by atoms with van der Waals surface area (Å²) >= 11 is 0. The Morgan fingerprint density at radius 2 is 1.63 bits per heavy atom. The highest BCUT2D eigenvalue weighted by Gasteiger charge is 2.36. The Morgan fingerprint density at radius 1 is 0.967 bits per heavy atom. The summed E-state index contributed by atoms with van der Waals surface area (Å²) in [5.74, 6) is -0.0153. The summed E-state index contributed by atoms with van der Waals surface area (Å²) in [6, 6.07) is 24.3. The highest BCUT2D eigenvalue weighted by atomic mass is 16.6. The van der Waals surface area contributed by atoms with Crippen LogP contribution in [0.3, 0.4) is 0 Å². The molecule has 0 aromatic heterocycles. The number of aliphatic hydroxyl groups is 1. The molecule has 0 bridgehead atoms. The molecular formula is C26H27NO3. The van der Waals surface area contributed by atoms with Gasteiger partial charge in [-0.15, -0.1) is 0 Å². The average Bonchev–Trinajstić information content (AvgIpc) is 2.72. The number of fused-ring (bicyclic) bond motifs is 1. The minimum atomic E-state index is -0.975. The Hall–Kier alpha value is -3.11. The van der Waals surface area contributed by atoms with Crippen LogP contribution in [-0.4, -0.2) is 27.9 Å². The van der Waals surface area contributed by atoms with Gasteiger partial charge in [0, 0.05) is 12.3 Å². The zero-order chi connectivity index (χ0) is 21.3. The number of hydrogen-bond acceptors (Lipinski definition) is 3. The van der Waals surface area contributed by atoms with Crippen LogP contribution in [-0.2, 0) is 4.74 Å². The van der Waals surface area contributed by atoms with Gasteiger partial charge in [-0.25, -0.2) is 4.79 Å². The molecule has 4 rings (SSSR count). The van der Waals surface area contributed by atoms with Gasteiger partial charge in [0.2, 0.25) is 0 Å². The summed E-state index contributed by atoms with van der Waals surface area (Å²) in [4.78, 5) is 14.3. The van der Waals surface area contributed by atoms with E-state index in [0.717, 1.165) is 16.5 Å². The fraction of sp³-hybridized carbons (Fsp3) is 0.269. The lowest BCUT2D eigenvalue weighted by Gasteiger charge is -2.37. The number of aliphatic hydroxyl groups excluding tert-OH is 1. The summed E-state index contributed by atoms with van der Waals surface area (Å²) in [7, 11) is 0. The molecule has 1 aliphatic rings. The molecule has 0 saturated heterocycles. The number of allylic oxidation sites excluding steroid dienone is 1. The normalized spacial score (nSPS) is 19.5. The minimum absolute atomic E-state index is 0.0153. The second-order valence-electron chi connectivity index (χ2n) is 8.70. The molecule has 0 spiro atoms. The number of ether oxygens (including phenoxy) is 1. The standard InChI is InChI=1S/C26H27NO3/c1-26(2,3)30-25(29)27-23(19-10-5-4-6-11-19)16-22(17-24(27)28)21-14-13-18-9-7-8-12-20(18)15-21/h4-16,22,24,28H,17H2,1-3H3/t22-,24-/m0/s1. The molecule has 2 atom stereocenters. The molecule has 1 amide bonds. The molecule has 1 aliphatic heterocycles. The molecule has 30 heavy (non-hydrogen) atoms. The lowest BCUT2D eigenvalue weighted by molar-refractivity contribution is -0.0134. The van der Waals surface area contributed by atoms with Crippen molar-refractivity contribution in [3.05, 3.63) is 90.0 Å². The summed E-state index contributed by atoms with van der Waals surface area (Å²) in [6.45, 7) is 5.47. The monoisotopic (exact) mass is 401 g/mol. The minimum Gasteiger partial charge on any atom is -0.443 e. The van der Waals surface area contributed by atoms with Crippen LogP contribution in [0, 0.1) is 0 Å². The summed E-state index contributed by atoms with van der Waals surface area (Å²) in [5, 5.41) is 13.3. The van der Waals surface area contributed by atoms with Crippen molar-refractivity contribution in [2.75, 3.05) is 0 Å². The van der Waals surface area contributed by atoms with Gasteiger partial charge in [-0.3, -0.25) is 4.90 Å². The fourth-order valence-corrected chi connectivity index (χ4v) is 3.88. The first-order chi connectivity index (χ1) is 14.3. The third-order valence-electron chi connectivity index (χ3n) is 5.24. The number of carbonyl (C=O) groups excluding carboxylic acids is 1. The van der Waals surface area contributed by atoms with E-state index in [9.17, 15) is 9.90 Å². The largest absolute Gasteiger partial charge is 0.443 e. The van der Waals surface area contributed by atoms with E-state index in [-0.39, 0.29) is 5.92 Å². The highest BCUT2D eigenvalue weighted by Crippen LogP contribution is 2.37. The summed E-state index contributed by atoms with van der Waals surface area (Å²) in [6.07, 6.45) is 0.961. The van der Waals surface area contributed by atoms with Crippen LogP contribution in [0.25, 0.3) is 16.5 Å². The van der Waals surface area contributed by atoms with E-state index in [2.05, 4.69) is 36.4 Å². The molecule has 1 heterocycles. The van der Waals surface area contributed by atoms with Gasteiger partial charge in [-0.05, 0) is 42.7 Å². The first-order valence-corrected chi connectivity index (χ1v) is 10.3. The summed E-state index contributed by atoms with van der Waals surface area (Å²) in [5.41, 5.74) is 2.01. The first-order valence-electron chi connectivity index (χ1n) is 10.3. The van der Waals surface area contributed by atoms with Gasteiger partial charge in [0.1, 0.15) is 11.8 Å². The number of amides is 1. The molecule has 4 heteroatoms. The van der Waals surface area contributed by atoms with Gasteiger partial charge in [-0.2, -0.15) is 0 Å². The quantitative estimate of drug-likeness (QED) is 0.579. The van der Waals surface area contributed by atoms with Crippen molar-refractivity contribution in [3.8, 4) is 0 Å². The van der Waals surface area contributed by atoms with Crippen LogP contribution in [0.2, 0.25) is 0 Å². The van der Waals surface area contributed by atoms with Gasteiger partial charge >= 0.3 is 6.09 Å². The van der Waals surface area contributed by atoms with Crippen LogP contribution < -0.4 is 0 Å². The molecule has 1 N–H and O–H groups in total. The predicted molar refractivity (Wildman–Crippen MR) is 120 cm³/mol. The molecule has 0 fully saturated rings. The van der Waals surface area contributed by atoms with Crippen molar-refractivity contribution in [2.24, 2.45) is 0 Å². The summed E-state index contributed by atoms with van der Waals surface area (Å²) < 4.78 is 5.58. The zero-order valence-electron chi connectivity index (χ0n) is 17.6. The van der Waals surface area contributed by atoms with E-state index in [4.69, 9.17) is 4.74 Å². The number of nitrogens with zero attached hydrogens (tertiary/aromatic N) is 1. The highest BCUT2D eigenvalue weighted by molar-refractivity contribution is 5.85. The van der Waals surface area contributed by atoms with Gasteiger partial charge in [-0.1, -0.05) is 78.9 Å². The Morgan fingerprint density at radius 3 is 2.33 bits per heavy atom. The van der Waals surface area contributed by atoms with E-state index in [0.29, 0.717) is 12.1 Å². The molecule has 4 nitrogen and oxygen atoms in total. The number of benzene rings is 3. The second-order valence-corrected chi connectivity index (χ2v) is 8.70. The maximum absolute atomic E-state index is 12.9. The molecule has 0 radical (unpaired) electrons. The van der Waals surface area contributed by atoms with Gasteiger partial charge in [0.05, 0.1) is 5.70 Å². The van der Waals surface area contributed by atoms with E-state index in [1.807, 2.05) is 63.2 Å². The zero-order valence-corrected chi connectivity index (χ0v) is 17.6. The Kier molecular flexibility index (Phi) is 5.35. The van der Waals surface area contributed by atoms with Crippen LogP contribution in [0.15, 0.2) is 78.9 Å². The van der Waals surface area contributed by atoms with Crippen LogP contribution in [0.1, 0.15) is 44.2 Å². The predicted octanol–water partition coefficient (Wildman–Crippen LogP) is 5.92. The molecule has 0 saturated carbocycles. The van der Waals surface area contributed by atoms with Crippen molar-refractivity contribution in [3.63, 3.8) is 0 Å². The van der Waals surface area contributed by atoms with E-state index < -0.39 is 17.9 Å². The van der Waals surface area contributed by atoms with Crippen molar-refractivity contribution in [1.29, 1.82) is 0 Å². The van der Waals surface area contributed by atoms with Crippen molar-refractivity contribution in [1.82, 2.24) is 4.90 Å². The third-order valence-corrected chi connectivity index (χ3v) is 5.24. The van der Waals surface area contributed by atoms with Crippen molar-refractivity contribution in [2.45, 2.75) is 44.9 Å². The first kappa shape index (κ1) is 20.2. The number of hydrogen-bond donors (Lipinski definition) is 1. The molecule has 0 aliphatic carbocycles. The third kappa shape index (κ3) is 4.24. The van der Waals surface area contributed by atoms with Gasteiger partial charge < -0.3 is 9.84 Å². The van der Waals surface area contributed by atoms with E-state index >= 15 is 0 Å². The molecule has 3 aromatic carbocycles. The Labute approximate surface area is 177 Å². The van der Waals surface area contributed by atoms with Crippen LogP contribution >= 0.6 is 0 Å². The van der Waals surface area contributed by atoms with Crippen molar-refractivity contribution >= 4 is 22.6 Å². The molecule has 154 valence electrons. The smallest absolute Gasteiger partial charge is 0.416 e. The maximum atomic E-state index is 12.9.